The smallest absolute Gasteiger partial charge is 0.358 e. The molecule has 0 aromatic heterocycles. The Morgan fingerprint density at radius 1 is 0.964 bits per heavy atom. The first-order valence-corrected chi connectivity index (χ1v) is 13.0. The van der Waals surface area contributed by atoms with Crippen LogP contribution in [0.3, 0.4) is 0 Å². The van der Waals surface area contributed by atoms with E-state index in [4.69, 9.17) is 4.74 Å². The average Bonchev–Trinajstić information content (AvgIpc) is 2.69. The van der Waals surface area contributed by atoms with Gasteiger partial charge in [-0.25, -0.2) is 8.42 Å². The minimum absolute atomic E-state index is 0.103. The molecule has 3 aromatic carbocycles. The molecule has 0 N–H and O–H groups in total. The van der Waals surface area contributed by atoms with E-state index >= 15 is 0 Å². The van der Waals surface area contributed by atoms with Crippen LogP contribution >= 0.6 is 15.9 Å². The minimum atomic E-state index is -4.27. The fourth-order valence-corrected chi connectivity index (χ4v) is 6.13. The van der Waals surface area contributed by atoms with Gasteiger partial charge in [0.2, 0.25) is 0 Å². The van der Waals surface area contributed by atoms with Crippen molar-refractivity contribution in [3.63, 3.8) is 0 Å². The fraction of sp³-hybridized carbons (Fsp3) is 0.143. The van der Waals surface area contributed by atoms with Crippen molar-refractivity contribution in [3.05, 3.63) is 91.1 Å². The zero-order chi connectivity index (χ0) is 20.6. The lowest BCUT2D eigenvalue weighted by Crippen LogP contribution is -3.61. The Morgan fingerprint density at radius 2 is 1.57 bits per heavy atom. The van der Waals surface area contributed by atoms with Crippen molar-refractivity contribution < 1.29 is 38.9 Å². The highest BCUT2D eigenvalue weighted by Gasteiger charge is 2.18. The van der Waals surface area contributed by atoms with Crippen LogP contribution in [-0.2, 0) is 15.4 Å². The highest BCUT2D eigenvalue weighted by molar-refractivity contribution is 9.08. The lowest BCUT2D eigenvalue weighted by molar-refractivity contribution is -0.598. The van der Waals surface area contributed by atoms with E-state index in [1.54, 1.807) is 19.2 Å². The molecule has 0 amide bonds. The third kappa shape index (κ3) is 7.20. The summed E-state index contributed by atoms with van der Waals surface area (Å²) >= 11 is 3.44. The van der Waals surface area contributed by atoms with E-state index in [-0.39, 0.29) is 26.1 Å². The number of rotatable bonds is 5. The van der Waals surface area contributed by atoms with Crippen molar-refractivity contribution in [3.8, 4) is 5.75 Å². The summed E-state index contributed by atoms with van der Waals surface area (Å²) in [5.41, 5.74) is 2.33. The molecule has 0 aliphatic heterocycles. The van der Waals surface area contributed by atoms with Gasteiger partial charge in [-0.05, 0) is 49.4 Å². The highest BCUT2D eigenvalue weighted by Crippen LogP contribution is 2.09. The first-order chi connectivity index (χ1) is 13.3. The van der Waals surface area contributed by atoms with Gasteiger partial charge in [0.05, 0.1) is 12.0 Å². The number of alkyl halides is 1. The zero-order valence-electron chi connectivity index (χ0n) is 15.4. The molecular weight excluding hydrogens is 555 g/mol. The predicted octanol–water partition coefficient (Wildman–Crippen LogP) is 1.62. The molecule has 0 radical (unpaired) electrons. The SMILES string of the molecule is COc1ccc([I+]c2ccccc2CBr)cc1.Cc1ccc(S(=O)(=O)[O-])cc1. The summed E-state index contributed by atoms with van der Waals surface area (Å²) in [6, 6.07) is 22.8. The number of hydrogen-bond acceptors (Lipinski definition) is 4. The van der Waals surface area contributed by atoms with Crippen LogP contribution in [0.25, 0.3) is 0 Å². The van der Waals surface area contributed by atoms with E-state index < -0.39 is 10.1 Å². The van der Waals surface area contributed by atoms with Gasteiger partial charge in [0, 0.05) is 10.9 Å². The first-order valence-electron chi connectivity index (χ1n) is 8.29. The lowest BCUT2D eigenvalue weighted by atomic mass is 10.2. The summed E-state index contributed by atoms with van der Waals surface area (Å²) in [7, 11) is -2.57. The van der Waals surface area contributed by atoms with Crippen LogP contribution in [0.15, 0.2) is 77.7 Å². The highest BCUT2D eigenvalue weighted by atomic mass is 127. The van der Waals surface area contributed by atoms with Crippen molar-refractivity contribution >= 4 is 26.0 Å². The van der Waals surface area contributed by atoms with Crippen LogP contribution in [0.1, 0.15) is 11.1 Å². The number of hydrogen-bond donors (Lipinski definition) is 0. The number of halogens is 2. The van der Waals surface area contributed by atoms with Gasteiger partial charge < -0.3 is 9.29 Å². The Bertz CT molecular complexity index is 988. The van der Waals surface area contributed by atoms with Gasteiger partial charge in [-0.3, -0.25) is 0 Å². The summed E-state index contributed by atoms with van der Waals surface area (Å²) in [6.07, 6.45) is 0. The van der Waals surface area contributed by atoms with Crippen LogP contribution in [0.5, 0.6) is 5.75 Å². The third-order valence-corrected chi connectivity index (χ3v) is 8.10. The van der Waals surface area contributed by atoms with Crippen molar-refractivity contribution in [1.29, 1.82) is 0 Å². The second-order valence-electron chi connectivity index (χ2n) is 5.74. The molecule has 0 fully saturated rings. The summed E-state index contributed by atoms with van der Waals surface area (Å²) in [5, 5.41) is 0.930. The van der Waals surface area contributed by atoms with Gasteiger partial charge >= 0.3 is 21.2 Å². The Hall–Kier alpha value is -1.42. The summed E-state index contributed by atoms with van der Waals surface area (Å²) in [6.45, 7) is 1.82. The maximum Gasteiger partial charge on any atom is 0.358 e. The average molecular weight is 575 g/mol. The van der Waals surface area contributed by atoms with E-state index in [1.807, 2.05) is 19.1 Å². The second kappa shape index (κ2) is 10.9. The van der Waals surface area contributed by atoms with Gasteiger partial charge in [-0.2, -0.15) is 0 Å². The van der Waals surface area contributed by atoms with Crippen LogP contribution in [0, 0.1) is 14.1 Å². The Morgan fingerprint density at radius 3 is 2.11 bits per heavy atom. The summed E-state index contributed by atoms with van der Waals surface area (Å²) < 4.78 is 39.2. The fourth-order valence-electron chi connectivity index (χ4n) is 2.16. The standard InChI is InChI=1S/C14H13BrIO.C7H8O3S/c1-17-13-8-6-12(7-9-13)16-14-5-3-2-4-11(14)10-15;1-6-2-4-7(5-3-6)11(8,9)10/h2-9H,10H2,1H3;2-5H,1H3,(H,8,9,10)/q+1;/p-1. The van der Waals surface area contributed by atoms with Gasteiger partial charge in [-0.15, -0.1) is 0 Å². The van der Waals surface area contributed by atoms with Crippen molar-refractivity contribution in [2.24, 2.45) is 0 Å². The molecular formula is C21H20BrIO4S. The van der Waals surface area contributed by atoms with Crippen LogP contribution in [-0.4, -0.2) is 20.1 Å². The molecule has 0 bridgehead atoms. The van der Waals surface area contributed by atoms with Gasteiger partial charge in [0.1, 0.15) is 15.9 Å². The molecule has 28 heavy (non-hydrogen) atoms. The second-order valence-corrected chi connectivity index (χ2v) is 10.6. The van der Waals surface area contributed by atoms with Crippen molar-refractivity contribution in [2.75, 3.05) is 7.11 Å². The number of ether oxygens (including phenoxy) is 1. The molecule has 0 saturated carbocycles. The number of benzene rings is 3. The largest absolute Gasteiger partial charge is 0.744 e. The van der Waals surface area contributed by atoms with Crippen molar-refractivity contribution in [2.45, 2.75) is 17.1 Å². The minimum Gasteiger partial charge on any atom is -0.744 e. The number of methoxy groups -OCH3 is 1. The Balaban J connectivity index is 0.000000221. The van der Waals surface area contributed by atoms with Crippen LogP contribution < -0.4 is 25.9 Å². The molecule has 0 aliphatic rings. The van der Waals surface area contributed by atoms with E-state index in [1.165, 1.54) is 24.8 Å². The van der Waals surface area contributed by atoms with Crippen LogP contribution in [0.2, 0.25) is 0 Å². The maximum atomic E-state index is 10.4. The molecule has 3 rings (SSSR count). The predicted molar refractivity (Wildman–Crippen MR) is 109 cm³/mol. The van der Waals surface area contributed by atoms with Gasteiger partial charge in [0.15, 0.2) is 7.14 Å². The zero-order valence-corrected chi connectivity index (χ0v) is 20.0. The lowest BCUT2D eigenvalue weighted by Gasteiger charge is -2.05. The van der Waals surface area contributed by atoms with Gasteiger partial charge in [0.25, 0.3) is 0 Å². The van der Waals surface area contributed by atoms with E-state index in [9.17, 15) is 13.0 Å². The van der Waals surface area contributed by atoms with E-state index in [0.29, 0.717) is 0 Å². The van der Waals surface area contributed by atoms with E-state index in [2.05, 4.69) is 52.3 Å². The van der Waals surface area contributed by atoms with Crippen LogP contribution in [0.4, 0.5) is 0 Å². The monoisotopic (exact) mass is 574 g/mol. The molecule has 0 heterocycles. The normalized spacial score (nSPS) is 10.7. The maximum absolute atomic E-state index is 10.4. The Labute approximate surface area is 185 Å². The topological polar surface area (TPSA) is 66.4 Å². The summed E-state index contributed by atoms with van der Waals surface area (Å²) in [5.74, 6) is 0.923. The molecule has 0 aliphatic carbocycles. The molecule has 0 atom stereocenters. The quantitative estimate of drug-likeness (QED) is 0.264. The van der Waals surface area contributed by atoms with Gasteiger partial charge in [-0.1, -0.05) is 51.8 Å². The molecule has 3 aromatic rings. The third-order valence-electron chi connectivity index (χ3n) is 3.67. The molecule has 148 valence electrons. The number of aryl methyl sites for hydroxylation is 1. The van der Waals surface area contributed by atoms with E-state index in [0.717, 1.165) is 16.6 Å². The molecule has 0 spiro atoms. The summed E-state index contributed by atoms with van der Waals surface area (Å²) in [4.78, 5) is -0.178. The molecule has 7 heteroatoms. The van der Waals surface area contributed by atoms with Crippen molar-refractivity contribution in [1.82, 2.24) is 0 Å². The Kier molecular flexibility index (Phi) is 8.94. The molecule has 0 saturated heterocycles. The first kappa shape index (κ1) is 22.9. The molecule has 0 unspecified atom stereocenters. The molecule has 4 nitrogen and oxygen atoms in total.